The van der Waals surface area contributed by atoms with E-state index in [9.17, 15) is 0 Å². The topological polar surface area (TPSA) is 9.23 Å². The summed E-state index contributed by atoms with van der Waals surface area (Å²) in [6.07, 6.45) is 4.18. The lowest BCUT2D eigenvalue weighted by Gasteiger charge is -2.29. The minimum absolute atomic E-state index is 0.224. The highest BCUT2D eigenvalue weighted by atomic mass is 19.3. The summed E-state index contributed by atoms with van der Waals surface area (Å²) in [6.45, 7) is 4.27. The van der Waals surface area contributed by atoms with Crippen LogP contribution in [-0.2, 0) is 19.0 Å². The molecular formula is C29H31F3O. The van der Waals surface area contributed by atoms with E-state index >= 15 is 13.2 Å². The van der Waals surface area contributed by atoms with E-state index in [0.717, 1.165) is 50.5 Å². The molecule has 0 spiro atoms. The lowest BCUT2D eigenvalue weighted by atomic mass is 9.90. The summed E-state index contributed by atoms with van der Waals surface area (Å²) in [6, 6.07) is 16.4. The Labute approximate surface area is 194 Å². The summed E-state index contributed by atoms with van der Waals surface area (Å²) in [5, 5.41) is 0. The van der Waals surface area contributed by atoms with Crippen LogP contribution in [0.4, 0.5) is 13.2 Å². The van der Waals surface area contributed by atoms with Crippen LogP contribution in [0.25, 0.3) is 22.3 Å². The number of aryl methyl sites for hydroxylation is 2. The van der Waals surface area contributed by atoms with E-state index in [1.54, 1.807) is 18.2 Å². The van der Waals surface area contributed by atoms with Crippen molar-refractivity contribution in [1.29, 1.82) is 0 Å². The van der Waals surface area contributed by atoms with Crippen molar-refractivity contribution < 1.29 is 17.9 Å². The van der Waals surface area contributed by atoms with Crippen molar-refractivity contribution in [1.82, 2.24) is 0 Å². The van der Waals surface area contributed by atoms with Gasteiger partial charge in [-0.05, 0) is 59.6 Å². The molecule has 1 nitrogen and oxygen atoms in total. The van der Waals surface area contributed by atoms with Crippen molar-refractivity contribution in [3.63, 3.8) is 0 Å². The Kier molecular flexibility index (Phi) is 7.11. The first-order valence-electron chi connectivity index (χ1n) is 12.1. The predicted molar refractivity (Wildman–Crippen MR) is 128 cm³/mol. The molecule has 0 N–H and O–H groups in total. The van der Waals surface area contributed by atoms with E-state index in [0.29, 0.717) is 28.7 Å². The van der Waals surface area contributed by atoms with Gasteiger partial charge in [0, 0.05) is 5.56 Å². The van der Waals surface area contributed by atoms with Gasteiger partial charge in [0.05, 0.1) is 5.56 Å². The number of rotatable bonds is 9. The third kappa shape index (κ3) is 4.95. The minimum Gasteiger partial charge on any atom is -0.425 e. The molecule has 0 fully saturated rings. The molecule has 1 heterocycles. The monoisotopic (exact) mass is 452 g/mol. The molecule has 0 saturated carbocycles. The molecule has 0 aliphatic carbocycles. The maximum absolute atomic E-state index is 15.1. The maximum atomic E-state index is 15.1. The zero-order chi connectivity index (χ0) is 23.4. The van der Waals surface area contributed by atoms with E-state index < -0.39 is 11.9 Å². The zero-order valence-electron chi connectivity index (χ0n) is 19.4. The lowest BCUT2D eigenvalue weighted by molar-refractivity contribution is -0.188. The van der Waals surface area contributed by atoms with E-state index in [1.807, 2.05) is 30.3 Å². The average molecular weight is 453 g/mol. The van der Waals surface area contributed by atoms with Gasteiger partial charge in [-0.15, -0.1) is 0 Å². The number of halogens is 3. The van der Waals surface area contributed by atoms with Gasteiger partial charge in [0.25, 0.3) is 0 Å². The second kappa shape index (κ2) is 10.0. The van der Waals surface area contributed by atoms with Gasteiger partial charge in [0.15, 0.2) is 11.6 Å². The highest BCUT2D eigenvalue weighted by Gasteiger charge is 2.43. The van der Waals surface area contributed by atoms with Crippen LogP contribution in [0.15, 0.2) is 54.6 Å². The zero-order valence-corrected chi connectivity index (χ0v) is 19.4. The molecule has 1 aliphatic heterocycles. The lowest BCUT2D eigenvalue weighted by Crippen LogP contribution is -2.27. The van der Waals surface area contributed by atoms with Gasteiger partial charge in [-0.3, -0.25) is 0 Å². The highest BCUT2D eigenvalue weighted by molar-refractivity contribution is 5.80. The molecule has 33 heavy (non-hydrogen) atoms. The second-order valence-electron chi connectivity index (χ2n) is 8.91. The third-order valence-electron chi connectivity index (χ3n) is 6.44. The Morgan fingerprint density at radius 1 is 0.727 bits per heavy atom. The van der Waals surface area contributed by atoms with Gasteiger partial charge in [-0.2, -0.15) is 8.78 Å². The van der Waals surface area contributed by atoms with Crippen LogP contribution >= 0.6 is 0 Å². The number of hydrogen-bond donors (Lipinski definition) is 0. The molecule has 3 aromatic rings. The molecular weight excluding hydrogens is 421 g/mol. The van der Waals surface area contributed by atoms with Crippen LogP contribution in [0.3, 0.4) is 0 Å². The van der Waals surface area contributed by atoms with Crippen LogP contribution in [-0.4, -0.2) is 0 Å². The number of hydrogen-bond acceptors (Lipinski definition) is 1. The molecule has 0 atom stereocenters. The van der Waals surface area contributed by atoms with E-state index in [4.69, 9.17) is 4.74 Å². The largest absolute Gasteiger partial charge is 0.427 e. The van der Waals surface area contributed by atoms with Crippen molar-refractivity contribution in [2.75, 3.05) is 0 Å². The number of fused-ring (bicyclic) bond motifs is 3. The van der Waals surface area contributed by atoms with Crippen molar-refractivity contribution in [3.8, 4) is 28.0 Å². The van der Waals surface area contributed by atoms with E-state index in [1.165, 1.54) is 11.6 Å². The Morgan fingerprint density at radius 3 is 2.15 bits per heavy atom. The Morgan fingerprint density at radius 2 is 1.42 bits per heavy atom. The standard InChI is InChI=1S/C29H31F3O/c1-3-5-7-8-10-22-15-18-25-24-17-16-23(21-13-11-20(12-14-21)9-6-4-2)19-26(24)29(31,32)33-28(25)27(22)30/h11-19H,3-10H2,1-2H3. The fraction of sp³-hybridized carbons (Fsp3) is 0.379. The predicted octanol–water partition coefficient (Wildman–Crippen LogP) is 9.07. The van der Waals surface area contributed by atoms with Gasteiger partial charge >= 0.3 is 6.11 Å². The molecule has 0 saturated heterocycles. The van der Waals surface area contributed by atoms with Crippen molar-refractivity contribution in [2.24, 2.45) is 0 Å². The highest BCUT2D eigenvalue weighted by Crippen LogP contribution is 2.49. The molecule has 4 heteroatoms. The summed E-state index contributed by atoms with van der Waals surface area (Å²) in [5.41, 5.74) is 3.71. The molecule has 0 aromatic heterocycles. The number of benzene rings is 3. The van der Waals surface area contributed by atoms with Gasteiger partial charge < -0.3 is 4.74 Å². The van der Waals surface area contributed by atoms with Crippen LogP contribution in [0, 0.1) is 5.82 Å². The molecule has 4 rings (SSSR count). The third-order valence-corrected chi connectivity index (χ3v) is 6.44. The molecule has 0 amide bonds. The summed E-state index contributed by atoms with van der Waals surface area (Å²) in [5.74, 6) is -1.01. The molecule has 1 aliphatic rings. The molecule has 0 bridgehead atoms. The Balaban J connectivity index is 1.65. The van der Waals surface area contributed by atoms with E-state index in [2.05, 4.69) is 13.8 Å². The number of unbranched alkanes of at least 4 members (excludes halogenated alkanes) is 4. The summed E-state index contributed by atoms with van der Waals surface area (Å²) < 4.78 is 50.2. The van der Waals surface area contributed by atoms with Gasteiger partial charge in [0.1, 0.15) is 0 Å². The Bertz CT molecular complexity index is 1100. The average Bonchev–Trinajstić information content (AvgIpc) is 2.82. The smallest absolute Gasteiger partial charge is 0.425 e. The van der Waals surface area contributed by atoms with Gasteiger partial charge in [-0.25, -0.2) is 4.39 Å². The van der Waals surface area contributed by atoms with Crippen molar-refractivity contribution in [3.05, 3.63) is 77.1 Å². The van der Waals surface area contributed by atoms with Crippen molar-refractivity contribution >= 4 is 0 Å². The fourth-order valence-electron chi connectivity index (χ4n) is 4.47. The fourth-order valence-corrected chi connectivity index (χ4v) is 4.47. The summed E-state index contributed by atoms with van der Waals surface area (Å²) >= 11 is 0. The molecule has 0 unspecified atom stereocenters. The number of alkyl halides is 2. The maximum Gasteiger partial charge on any atom is 0.427 e. The Hall–Kier alpha value is -2.75. The summed E-state index contributed by atoms with van der Waals surface area (Å²) in [4.78, 5) is 0. The summed E-state index contributed by atoms with van der Waals surface area (Å²) in [7, 11) is 0. The van der Waals surface area contributed by atoms with Gasteiger partial charge in [-0.1, -0.05) is 88.1 Å². The van der Waals surface area contributed by atoms with Gasteiger partial charge in [0.2, 0.25) is 0 Å². The molecule has 3 aromatic carbocycles. The second-order valence-corrected chi connectivity index (χ2v) is 8.91. The first-order valence-corrected chi connectivity index (χ1v) is 12.1. The quantitative estimate of drug-likeness (QED) is 0.294. The van der Waals surface area contributed by atoms with Crippen molar-refractivity contribution in [2.45, 2.75) is 71.3 Å². The minimum atomic E-state index is -3.60. The van der Waals surface area contributed by atoms with E-state index in [-0.39, 0.29) is 11.3 Å². The first kappa shape index (κ1) is 23.4. The van der Waals surface area contributed by atoms with Crippen LogP contribution in [0.5, 0.6) is 5.75 Å². The SMILES string of the molecule is CCCCCCc1ccc2c(c1F)OC(F)(F)c1cc(-c3ccc(CCCC)cc3)ccc1-2. The van der Waals surface area contributed by atoms with Crippen LogP contribution in [0.2, 0.25) is 0 Å². The normalized spacial score (nSPS) is 13.8. The molecule has 0 radical (unpaired) electrons. The van der Waals surface area contributed by atoms with Crippen LogP contribution < -0.4 is 4.74 Å². The number of ether oxygens (including phenoxy) is 1. The van der Waals surface area contributed by atoms with Crippen LogP contribution in [0.1, 0.15) is 69.1 Å². The first-order chi connectivity index (χ1) is 15.9. The molecule has 174 valence electrons.